The molecule has 0 rings (SSSR count). The summed E-state index contributed by atoms with van der Waals surface area (Å²) in [6.07, 6.45) is 1.79. The Morgan fingerprint density at radius 3 is 2.09 bits per heavy atom. The molecule has 0 saturated heterocycles. The van der Waals surface area contributed by atoms with Crippen LogP contribution >= 0.6 is 7.60 Å². The topological polar surface area (TPSA) is 88.1 Å². The summed E-state index contributed by atoms with van der Waals surface area (Å²) >= 11 is 0. The summed E-state index contributed by atoms with van der Waals surface area (Å²) in [5.41, 5.74) is 0. The molecule has 8 heteroatoms. The number of hydrogen-bond donors (Lipinski definition) is 0. The van der Waals surface area contributed by atoms with Crippen molar-refractivity contribution in [2.75, 3.05) is 26.5 Å². The summed E-state index contributed by atoms with van der Waals surface area (Å²) in [7, 11) is -3.21. The predicted molar refractivity (Wildman–Crippen MR) is 86.4 cm³/mol. The van der Waals surface area contributed by atoms with Gasteiger partial charge in [-0.05, 0) is 19.3 Å². The second kappa shape index (κ2) is 12.5. The molecule has 0 aliphatic rings. The molecule has 0 N–H and O–H groups in total. The van der Waals surface area contributed by atoms with Gasteiger partial charge in [-0.1, -0.05) is 20.8 Å². The first kappa shape index (κ1) is 22.1. The van der Waals surface area contributed by atoms with Crippen molar-refractivity contribution in [2.24, 2.45) is 0 Å². The summed E-state index contributed by atoms with van der Waals surface area (Å²) in [4.78, 5) is 23.0. The maximum absolute atomic E-state index is 12.0. The first-order valence-corrected chi connectivity index (χ1v) is 10.0. The van der Waals surface area contributed by atoms with E-state index in [1.165, 1.54) is 6.66 Å². The summed E-state index contributed by atoms with van der Waals surface area (Å²) in [6, 6.07) is 0. The standard InChI is InChI=1S/C15H29O7P/c1-5-8-14(16)19-11-13(22-15(17)9-6-2)12-21-23(4,18)20-10-7-3/h13H,5-12H2,1-4H3. The Kier molecular flexibility index (Phi) is 12.0. The molecule has 0 amide bonds. The van der Waals surface area contributed by atoms with Gasteiger partial charge in [0.05, 0.1) is 13.2 Å². The minimum atomic E-state index is -3.21. The van der Waals surface area contributed by atoms with Crippen LogP contribution in [0.15, 0.2) is 0 Å². The summed E-state index contributed by atoms with van der Waals surface area (Å²) < 4.78 is 32.6. The summed E-state index contributed by atoms with van der Waals surface area (Å²) in [6.45, 7) is 7.02. The molecular formula is C15H29O7P. The molecule has 0 aromatic rings. The molecule has 0 aliphatic heterocycles. The van der Waals surface area contributed by atoms with Gasteiger partial charge in [0.2, 0.25) is 0 Å². The fourth-order valence-corrected chi connectivity index (χ4v) is 2.57. The fraction of sp³-hybridized carbons (Fsp3) is 0.867. The Morgan fingerprint density at radius 1 is 0.913 bits per heavy atom. The first-order valence-electron chi connectivity index (χ1n) is 8.06. The highest BCUT2D eigenvalue weighted by Crippen LogP contribution is 2.43. The maximum Gasteiger partial charge on any atom is 0.327 e. The lowest BCUT2D eigenvalue weighted by Gasteiger charge is -2.20. The molecule has 0 aromatic carbocycles. The molecule has 0 saturated carbocycles. The van der Waals surface area contributed by atoms with Crippen LogP contribution in [0.25, 0.3) is 0 Å². The van der Waals surface area contributed by atoms with Gasteiger partial charge in [0.25, 0.3) is 0 Å². The molecule has 23 heavy (non-hydrogen) atoms. The summed E-state index contributed by atoms with van der Waals surface area (Å²) in [5.74, 6) is -0.779. The molecule has 0 aromatic heterocycles. The molecule has 0 heterocycles. The van der Waals surface area contributed by atoms with Crippen molar-refractivity contribution in [1.82, 2.24) is 0 Å². The van der Waals surface area contributed by atoms with E-state index in [2.05, 4.69) is 0 Å². The van der Waals surface area contributed by atoms with E-state index in [1.807, 2.05) is 20.8 Å². The quantitative estimate of drug-likeness (QED) is 0.371. The van der Waals surface area contributed by atoms with Gasteiger partial charge in [0.1, 0.15) is 6.61 Å². The predicted octanol–water partition coefficient (Wildman–Crippen LogP) is 3.31. The third kappa shape index (κ3) is 12.2. The minimum Gasteiger partial charge on any atom is -0.462 e. The van der Waals surface area contributed by atoms with Gasteiger partial charge in [0.15, 0.2) is 6.10 Å². The smallest absolute Gasteiger partial charge is 0.327 e. The Hall–Kier alpha value is -0.910. The minimum absolute atomic E-state index is 0.123. The van der Waals surface area contributed by atoms with Gasteiger partial charge in [-0.25, -0.2) is 0 Å². The monoisotopic (exact) mass is 352 g/mol. The van der Waals surface area contributed by atoms with Crippen LogP contribution < -0.4 is 0 Å². The van der Waals surface area contributed by atoms with Crippen molar-refractivity contribution < 1.29 is 32.7 Å². The van der Waals surface area contributed by atoms with Crippen molar-refractivity contribution in [3.8, 4) is 0 Å². The number of esters is 2. The molecule has 0 bridgehead atoms. The van der Waals surface area contributed by atoms with E-state index in [4.69, 9.17) is 18.5 Å². The second-order valence-electron chi connectivity index (χ2n) is 5.20. The average molecular weight is 352 g/mol. The van der Waals surface area contributed by atoms with Gasteiger partial charge >= 0.3 is 19.5 Å². The molecule has 136 valence electrons. The zero-order valence-corrected chi connectivity index (χ0v) is 15.4. The number of carbonyl (C=O) groups is 2. The molecule has 7 nitrogen and oxygen atoms in total. The second-order valence-corrected chi connectivity index (χ2v) is 7.25. The Labute approximate surface area is 138 Å². The molecule has 0 spiro atoms. The zero-order valence-electron chi connectivity index (χ0n) is 14.5. The Balaban J connectivity index is 4.49. The number of hydrogen-bond acceptors (Lipinski definition) is 7. The van der Waals surface area contributed by atoms with Crippen molar-refractivity contribution in [3.05, 3.63) is 0 Å². The van der Waals surface area contributed by atoms with E-state index < -0.39 is 19.7 Å². The molecule has 0 fully saturated rings. The number of ether oxygens (including phenoxy) is 2. The Morgan fingerprint density at radius 2 is 1.52 bits per heavy atom. The van der Waals surface area contributed by atoms with E-state index >= 15 is 0 Å². The van der Waals surface area contributed by atoms with Gasteiger partial charge in [-0.2, -0.15) is 0 Å². The first-order chi connectivity index (χ1) is 10.8. The van der Waals surface area contributed by atoms with Crippen LogP contribution in [0.2, 0.25) is 0 Å². The Bertz CT molecular complexity index is 397. The molecule has 2 unspecified atom stereocenters. The highest BCUT2D eigenvalue weighted by atomic mass is 31.2. The van der Waals surface area contributed by atoms with Crippen LogP contribution in [0, 0.1) is 0 Å². The van der Waals surface area contributed by atoms with E-state index in [0.717, 1.165) is 0 Å². The van der Waals surface area contributed by atoms with Gasteiger partial charge in [-0.3, -0.25) is 14.2 Å². The number of rotatable bonds is 13. The third-order valence-corrected chi connectivity index (χ3v) is 3.93. The van der Waals surface area contributed by atoms with Crippen molar-refractivity contribution in [1.29, 1.82) is 0 Å². The summed E-state index contributed by atoms with van der Waals surface area (Å²) in [5, 5.41) is 0. The normalized spacial score (nSPS) is 14.8. The average Bonchev–Trinajstić information content (AvgIpc) is 2.48. The van der Waals surface area contributed by atoms with Crippen LogP contribution in [0.5, 0.6) is 0 Å². The highest BCUT2D eigenvalue weighted by molar-refractivity contribution is 7.52. The molecule has 0 radical (unpaired) electrons. The lowest BCUT2D eigenvalue weighted by Crippen LogP contribution is -2.29. The van der Waals surface area contributed by atoms with Crippen molar-refractivity contribution >= 4 is 19.5 Å². The van der Waals surface area contributed by atoms with Crippen molar-refractivity contribution in [2.45, 2.75) is 59.0 Å². The van der Waals surface area contributed by atoms with E-state index in [-0.39, 0.29) is 25.6 Å². The van der Waals surface area contributed by atoms with E-state index in [0.29, 0.717) is 32.3 Å². The van der Waals surface area contributed by atoms with Crippen molar-refractivity contribution in [3.63, 3.8) is 0 Å². The lowest BCUT2D eigenvalue weighted by molar-refractivity contribution is -0.161. The SMILES string of the molecule is CCCOP(C)(=O)OCC(COC(=O)CCC)OC(=O)CCC. The molecule has 0 aliphatic carbocycles. The van der Waals surface area contributed by atoms with Gasteiger partial charge in [0, 0.05) is 19.5 Å². The largest absolute Gasteiger partial charge is 0.462 e. The van der Waals surface area contributed by atoms with E-state index in [9.17, 15) is 14.2 Å². The van der Waals surface area contributed by atoms with Crippen LogP contribution in [-0.2, 0) is 32.7 Å². The maximum atomic E-state index is 12.0. The number of carbonyl (C=O) groups excluding carboxylic acids is 2. The van der Waals surface area contributed by atoms with E-state index in [1.54, 1.807) is 0 Å². The molecular weight excluding hydrogens is 323 g/mol. The zero-order chi connectivity index (χ0) is 17.7. The molecule has 2 atom stereocenters. The fourth-order valence-electron chi connectivity index (χ4n) is 1.54. The van der Waals surface area contributed by atoms with Gasteiger partial charge in [-0.15, -0.1) is 0 Å². The van der Waals surface area contributed by atoms with Crippen LogP contribution in [0.3, 0.4) is 0 Å². The third-order valence-electron chi connectivity index (χ3n) is 2.66. The highest BCUT2D eigenvalue weighted by Gasteiger charge is 2.23. The van der Waals surface area contributed by atoms with Crippen LogP contribution in [-0.4, -0.2) is 44.5 Å². The van der Waals surface area contributed by atoms with Crippen LogP contribution in [0.1, 0.15) is 52.9 Å². The lowest BCUT2D eigenvalue weighted by atomic mass is 10.3. The van der Waals surface area contributed by atoms with Crippen LogP contribution in [0.4, 0.5) is 0 Å². The van der Waals surface area contributed by atoms with Gasteiger partial charge < -0.3 is 18.5 Å².